The fourth-order valence-corrected chi connectivity index (χ4v) is 5.04. The molecule has 4 nitrogen and oxygen atoms in total. The van der Waals surface area contributed by atoms with Crippen molar-refractivity contribution in [1.29, 1.82) is 0 Å². The molecular formula is C19H28N2O2. The number of rotatable bonds is 5. The summed E-state index contributed by atoms with van der Waals surface area (Å²) in [5.41, 5.74) is 0. The first kappa shape index (κ1) is 15.3. The van der Waals surface area contributed by atoms with Gasteiger partial charge in [-0.3, -0.25) is 9.69 Å². The highest BCUT2D eigenvalue weighted by atomic mass is 16.4. The minimum absolute atomic E-state index is 0.0482. The number of carbonyl (C=O) groups is 1. The molecule has 2 aliphatic carbocycles. The molecule has 1 saturated heterocycles. The fraction of sp³-hybridized carbons (Fsp3) is 0.737. The number of hydrogen-bond acceptors (Lipinski definition) is 3. The van der Waals surface area contributed by atoms with E-state index in [1.54, 1.807) is 0 Å². The molecule has 4 rings (SSSR count). The van der Waals surface area contributed by atoms with Gasteiger partial charge in [0.25, 0.3) is 5.91 Å². The molecule has 2 bridgehead atoms. The Bertz CT molecular complexity index is 561. The normalized spacial score (nSPS) is 31.6. The molecule has 1 aromatic rings. The molecule has 3 aliphatic rings. The highest BCUT2D eigenvalue weighted by Gasteiger charge is 2.42. The molecule has 0 aromatic carbocycles. The van der Waals surface area contributed by atoms with Crippen LogP contribution < -0.4 is 5.32 Å². The van der Waals surface area contributed by atoms with Crippen LogP contribution in [-0.2, 0) is 6.54 Å². The third-order valence-electron chi connectivity index (χ3n) is 6.26. The van der Waals surface area contributed by atoms with Gasteiger partial charge in [-0.25, -0.2) is 0 Å². The number of nitrogens with one attached hydrogen (secondary N) is 1. The molecule has 126 valence electrons. The van der Waals surface area contributed by atoms with Gasteiger partial charge >= 0.3 is 0 Å². The molecule has 1 aliphatic heterocycles. The van der Waals surface area contributed by atoms with Gasteiger partial charge in [-0.15, -0.1) is 0 Å². The molecule has 0 spiro atoms. The second-order valence-electron chi connectivity index (χ2n) is 7.85. The van der Waals surface area contributed by atoms with E-state index >= 15 is 0 Å². The van der Waals surface area contributed by atoms with Crippen molar-refractivity contribution < 1.29 is 9.21 Å². The van der Waals surface area contributed by atoms with Crippen LogP contribution in [0.2, 0.25) is 0 Å². The second-order valence-corrected chi connectivity index (χ2v) is 7.85. The molecular weight excluding hydrogens is 288 g/mol. The monoisotopic (exact) mass is 316 g/mol. The van der Waals surface area contributed by atoms with Crippen LogP contribution >= 0.6 is 0 Å². The summed E-state index contributed by atoms with van der Waals surface area (Å²) in [7, 11) is 0. The van der Waals surface area contributed by atoms with E-state index in [1.807, 2.05) is 12.1 Å². The largest absolute Gasteiger partial charge is 0.455 e. The van der Waals surface area contributed by atoms with Crippen LogP contribution in [0, 0.1) is 17.8 Å². The van der Waals surface area contributed by atoms with Crippen LogP contribution in [0.25, 0.3) is 0 Å². The standard InChI is InChI=1S/C19H28N2O2/c1-13(17-11-14-4-5-15(17)10-14)20-19(22)18-7-6-16(23-18)12-21-8-2-3-9-21/h6-7,13-15,17H,2-5,8-12H2,1H3,(H,20,22). The van der Waals surface area contributed by atoms with Crippen LogP contribution in [0.3, 0.4) is 0 Å². The maximum Gasteiger partial charge on any atom is 0.287 e. The minimum atomic E-state index is -0.0482. The average molecular weight is 316 g/mol. The number of hydrogen-bond donors (Lipinski definition) is 1. The summed E-state index contributed by atoms with van der Waals surface area (Å²) >= 11 is 0. The molecule has 1 N–H and O–H groups in total. The zero-order valence-electron chi connectivity index (χ0n) is 14.1. The van der Waals surface area contributed by atoms with Crippen molar-refractivity contribution in [2.75, 3.05) is 13.1 Å². The number of carbonyl (C=O) groups excluding carboxylic acids is 1. The van der Waals surface area contributed by atoms with Gasteiger partial charge in [0.1, 0.15) is 5.76 Å². The highest BCUT2D eigenvalue weighted by molar-refractivity contribution is 5.91. The molecule has 3 fully saturated rings. The minimum Gasteiger partial charge on any atom is -0.455 e. The van der Waals surface area contributed by atoms with E-state index in [-0.39, 0.29) is 11.9 Å². The Morgan fingerprint density at radius 3 is 2.83 bits per heavy atom. The second kappa shape index (κ2) is 6.31. The first-order chi connectivity index (χ1) is 11.2. The Morgan fingerprint density at radius 2 is 2.13 bits per heavy atom. The number of fused-ring (bicyclic) bond motifs is 2. The van der Waals surface area contributed by atoms with E-state index in [0.29, 0.717) is 11.7 Å². The van der Waals surface area contributed by atoms with Gasteiger partial charge in [0.15, 0.2) is 5.76 Å². The van der Waals surface area contributed by atoms with Crippen molar-refractivity contribution in [2.45, 2.75) is 58.0 Å². The van der Waals surface area contributed by atoms with Gasteiger partial charge in [-0.2, -0.15) is 0 Å². The molecule has 1 aromatic heterocycles. The van der Waals surface area contributed by atoms with Gasteiger partial charge < -0.3 is 9.73 Å². The molecule has 0 radical (unpaired) electrons. The Hall–Kier alpha value is -1.29. The van der Waals surface area contributed by atoms with Gasteiger partial charge in [0.2, 0.25) is 0 Å². The number of amides is 1. The van der Waals surface area contributed by atoms with Gasteiger partial charge in [0.05, 0.1) is 6.54 Å². The molecule has 1 amide bonds. The maximum atomic E-state index is 12.5. The molecule has 4 heteroatoms. The van der Waals surface area contributed by atoms with Crippen LogP contribution in [-0.4, -0.2) is 29.9 Å². The Morgan fingerprint density at radius 1 is 1.30 bits per heavy atom. The smallest absolute Gasteiger partial charge is 0.287 e. The lowest BCUT2D eigenvalue weighted by molar-refractivity contribution is 0.0883. The SMILES string of the molecule is CC(NC(=O)c1ccc(CN2CCCC2)o1)C1CC2CCC1C2. The van der Waals surface area contributed by atoms with Crippen molar-refractivity contribution in [3.63, 3.8) is 0 Å². The first-order valence-electron chi connectivity index (χ1n) is 9.31. The molecule has 23 heavy (non-hydrogen) atoms. The third-order valence-corrected chi connectivity index (χ3v) is 6.26. The van der Waals surface area contributed by atoms with Crippen molar-refractivity contribution in [3.8, 4) is 0 Å². The van der Waals surface area contributed by atoms with E-state index in [9.17, 15) is 4.79 Å². The van der Waals surface area contributed by atoms with E-state index in [1.165, 1.54) is 38.5 Å². The van der Waals surface area contributed by atoms with Crippen LogP contribution in [0.5, 0.6) is 0 Å². The molecule has 4 unspecified atom stereocenters. The quantitative estimate of drug-likeness (QED) is 0.905. The Kier molecular flexibility index (Phi) is 4.18. The molecule has 4 atom stereocenters. The van der Waals surface area contributed by atoms with Crippen LogP contribution in [0.1, 0.15) is 61.8 Å². The first-order valence-corrected chi connectivity index (χ1v) is 9.31. The summed E-state index contributed by atoms with van der Waals surface area (Å²) < 4.78 is 5.78. The van der Waals surface area contributed by atoms with E-state index in [0.717, 1.165) is 37.2 Å². The predicted molar refractivity (Wildman–Crippen MR) is 89.1 cm³/mol. The third kappa shape index (κ3) is 3.18. The van der Waals surface area contributed by atoms with Crippen molar-refractivity contribution >= 4 is 5.91 Å². The Labute approximate surface area is 138 Å². The topological polar surface area (TPSA) is 45.5 Å². The van der Waals surface area contributed by atoms with Gasteiger partial charge in [-0.1, -0.05) is 6.42 Å². The van der Waals surface area contributed by atoms with E-state index < -0.39 is 0 Å². The summed E-state index contributed by atoms with van der Waals surface area (Å²) in [4.78, 5) is 14.8. The summed E-state index contributed by atoms with van der Waals surface area (Å²) in [5, 5.41) is 3.18. The number of nitrogens with zero attached hydrogens (tertiary/aromatic N) is 1. The van der Waals surface area contributed by atoms with E-state index in [2.05, 4.69) is 17.1 Å². The lowest BCUT2D eigenvalue weighted by atomic mass is 9.84. The fourth-order valence-electron chi connectivity index (χ4n) is 5.04. The lowest BCUT2D eigenvalue weighted by Crippen LogP contribution is -2.40. The predicted octanol–water partition coefficient (Wildman–Crippen LogP) is 3.43. The van der Waals surface area contributed by atoms with Crippen molar-refractivity contribution in [3.05, 3.63) is 23.7 Å². The molecule has 2 saturated carbocycles. The van der Waals surface area contributed by atoms with E-state index in [4.69, 9.17) is 4.42 Å². The summed E-state index contributed by atoms with van der Waals surface area (Å²) in [6, 6.07) is 4.04. The summed E-state index contributed by atoms with van der Waals surface area (Å²) in [6.45, 7) is 5.28. The van der Waals surface area contributed by atoms with Gasteiger partial charge in [-0.05, 0) is 82.0 Å². The zero-order chi connectivity index (χ0) is 15.8. The van der Waals surface area contributed by atoms with Crippen LogP contribution in [0.4, 0.5) is 0 Å². The average Bonchev–Trinajstić information content (AvgIpc) is 3.32. The highest BCUT2D eigenvalue weighted by Crippen LogP contribution is 2.49. The summed E-state index contributed by atoms with van der Waals surface area (Å²) in [6.07, 6.45) is 7.98. The number of furan rings is 1. The Balaban J connectivity index is 1.32. The van der Waals surface area contributed by atoms with Crippen LogP contribution in [0.15, 0.2) is 16.5 Å². The lowest BCUT2D eigenvalue weighted by Gasteiger charge is -2.28. The maximum absolute atomic E-state index is 12.5. The molecule has 2 heterocycles. The van der Waals surface area contributed by atoms with Crippen molar-refractivity contribution in [2.24, 2.45) is 17.8 Å². The van der Waals surface area contributed by atoms with Gasteiger partial charge in [0, 0.05) is 6.04 Å². The van der Waals surface area contributed by atoms with Crippen molar-refractivity contribution in [1.82, 2.24) is 10.2 Å². The zero-order valence-corrected chi connectivity index (χ0v) is 14.1. The number of likely N-dealkylation sites (tertiary alicyclic amines) is 1. The summed E-state index contributed by atoms with van der Waals surface area (Å²) in [5.74, 6) is 3.74.